The highest BCUT2D eigenvalue weighted by atomic mass is 16.5. The predicted octanol–water partition coefficient (Wildman–Crippen LogP) is 3.68. The molecule has 0 heterocycles. The summed E-state index contributed by atoms with van der Waals surface area (Å²) in [5.74, 6) is 0.660. The maximum atomic E-state index is 12.1. The zero-order chi connectivity index (χ0) is 13.8. The van der Waals surface area contributed by atoms with E-state index in [9.17, 15) is 4.79 Å². The first kappa shape index (κ1) is 14.6. The van der Waals surface area contributed by atoms with Crippen LogP contribution in [0.25, 0.3) is 0 Å². The molecule has 1 aromatic carbocycles. The van der Waals surface area contributed by atoms with Gasteiger partial charge in [0.2, 0.25) is 0 Å². The van der Waals surface area contributed by atoms with Crippen LogP contribution in [-0.2, 0) is 0 Å². The Balaban J connectivity index is 2.68. The lowest BCUT2D eigenvalue weighted by molar-refractivity contribution is 0.0976. The van der Waals surface area contributed by atoms with Gasteiger partial charge in [0.05, 0.1) is 12.8 Å². The van der Waals surface area contributed by atoms with Gasteiger partial charge in [0.1, 0.15) is 5.75 Å². The molecule has 100 valence electrons. The molecule has 0 aromatic heterocycles. The summed E-state index contributed by atoms with van der Waals surface area (Å²) >= 11 is 0. The van der Waals surface area contributed by atoms with Crippen molar-refractivity contribution in [2.45, 2.75) is 40.0 Å². The van der Waals surface area contributed by atoms with Crippen molar-refractivity contribution in [1.29, 1.82) is 0 Å². The number of anilines is 1. The second-order valence-electron chi connectivity index (χ2n) is 5.76. The fraction of sp³-hybridized carbons (Fsp3) is 0.533. The van der Waals surface area contributed by atoms with Gasteiger partial charge in [-0.15, -0.1) is 0 Å². The summed E-state index contributed by atoms with van der Waals surface area (Å²) in [6.07, 6.45) is 2.45. The van der Waals surface area contributed by atoms with Crippen molar-refractivity contribution in [1.82, 2.24) is 0 Å². The van der Waals surface area contributed by atoms with E-state index < -0.39 is 0 Å². The van der Waals surface area contributed by atoms with Gasteiger partial charge in [-0.05, 0) is 30.4 Å². The Morgan fingerprint density at radius 1 is 1.33 bits per heavy atom. The van der Waals surface area contributed by atoms with E-state index in [4.69, 9.17) is 10.5 Å². The second-order valence-corrected chi connectivity index (χ2v) is 5.76. The maximum Gasteiger partial charge on any atom is 0.165 e. The summed E-state index contributed by atoms with van der Waals surface area (Å²) < 4.78 is 5.12. The number of methoxy groups -OCH3 is 1. The average molecular weight is 249 g/mol. The molecule has 0 atom stereocenters. The zero-order valence-corrected chi connectivity index (χ0v) is 11.7. The summed E-state index contributed by atoms with van der Waals surface area (Å²) in [4.78, 5) is 12.1. The van der Waals surface area contributed by atoms with Gasteiger partial charge in [-0.1, -0.05) is 26.8 Å². The van der Waals surface area contributed by atoms with Crippen molar-refractivity contribution in [3.05, 3.63) is 23.8 Å². The van der Waals surface area contributed by atoms with Crippen LogP contribution in [0, 0.1) is 5.41 Å². The lowest BCUT2D eigenvalue weighted by Crippen LogP contribution is -2.08. The first-order chi connectivity index (χ1) is 8.35. The molecule has 3 nitrogen and oxygen atoms in total. The van der Waals surface area contributed by atoms with E-state index in [2.05, 4.69) is 20.8 Å². The number of ether oxygens (including phenoxy) is 1. The Morgan fingerprint density at radius 2 is 2.00 bits per heavy atom. The van der Waals surface area contributed by atoms with Crippen molar-refractivity contribution in [3.63, 3.8) is 0 Å². The molecule has 0 aliphatic heterocycles. The highest BCUT2D eigenvalue weighted by molar-refractivity contribution is 6.01. The molecule has 1 rings (SSSR count). The predicted molar refractivity (Wildman–Crippen MR) is 75.0 cm³/mol. The largest absolute Gasteiger partial charge is 0.495 e. The Bertz CT molecular complexity index is 419. The number of hydrogen-bond acceptors (Lipinski definition) is 3. The summed E-state index contributed by atoms with van der Waals surface area (Å²) in [5.41, 5.74) is 7.19. The number of benzene rings is 1. The highest BCUT2D eigenvalue weighted by Crippen LogP contribution is 2.27. The molecule has 18 heavy (non-hydrogen) atoms. The van der Waals surface area contributed by atoms with Crippen LogP contribution in [-0.4, -0.2) is 12.9 Å². The standard InChI is InChI=1S/C15H23NO2/c1-15(2,3)10-6-8-12(17)11-7-5-9-13(18-4)14(11)16/h5,7,9H,6,8,10,16H2,1-4H3. The zero-order valence-electron chi connectivity index (χ0n) is 11.7. The third-order valence-corrected chi connectivity index (χ3v) is 2.92. The van der Waals surface area contributed by atoms with E-state index in [1.807, 2.05) is 0 Å². The third kappa shape index (κ3) is 4.06. The molecule has 1 aromatic rings. The fourth-order valence-electron chi connectivity index (χ4n) is 1.88. The molecule has 0 aliphatic rings. The summed E-state index contributed by atoms with van der Waals surface area (Å²) in [6.45, 7) is 6.53. The van der Waals surface area contributed by atoms with Crippen molar-refractivity contribution >= 4 is 11.5 Å². The SMILES string of the molecule is COc1cccc(C(=O)CCCC(C)(C)C)c1N. The minimum Gasteiger partial charge on any atom is -0.495 e. The maximum absolute atomic E-state index is 12.1. The van der Waals surface area contributed by atoms with E-state index in [0.29, 0.717) is 23.4 Å². The average Bonchev–Trinajstić information content (AvgIpc) is 2.27. The van der Waals surface area contributed by atoms with Crippen LogP contribution < -0.4 is 10.5 Å². The summed E-state index contributed by atoms with van der Waals surface area (Å²) in [5, 5.41) is 0. The fourth-order valence-corrected chi connectivity index (χ4v) is 1.88. The van der Waals surface area contributed by atoms with Crippen LogP contribution >= 0.6 is 0 Å². The Labute approximate surface area is 109 Å². The van der Waals surface area contributed by atoms with Crippen molar-refractivity contribution in [2.75, 3.05) is 12.8 Å². The van der Waals surface area contributed by atoms with E-state index in [1.54, 1.807) is 25.3 Å². The van der Waals surface area contributed by atoms with Crippen LogP contribution in [0.2, 0.25) is 0 Å². The van der Waals surface area contributed by atoms with Crippen LogP contribution in [0.4, 0.5) is 5.69 Å². The second kappa shape index (κ2) is 5.89. The van der Waals surface area contributed by atoms with Crippen LogP contribution in [0.5, 0.6) is 5.75 Å². The van der Waals surface area contributed by atoms with E-state index in [-0.39, 0.29) is 11.2 Å². The van der Waals surface area contributed by atoms with Crippen LogP contribution in [0.3, 0.4) is 0 Å². The first-order valence-electron chi connectivity index (χ1n) is 6.31. The van der Waals surface area contributed by atoms with Gasteiger partial charge in [-0.25, -0.2) is 0 Å². The monoisotopic (exact) mass is 249 g/mol. The lowest BCUT2D eigenvalue weighted by Gasteiger charge is -2.17. The number of carbonyl (C=O) groups excluding carboxylic acids is 1. The number of nitrogen functional groups attached to an aromatic ring is 1. The Kier molecular flexibility index (Phi) is 4.76. The van der Waals surface area contributed by atoms with Crippen LogP contribution in [0.1, 0.15) is 50.4 Å². The quantitative estimate of drug-likeness (QED) is 0.639. The number of Topliss-reactive ketones (excluding diaryl/α,β-unsaturated/α-hetero) is 1. The van der Waals surface area contributed by atoms with E-state index >= 15 is 0 Å². The topological polar surface area (TPSA) is 52.3 Å². The number of rotatable bonds is 5. The van der Waals surface area contributed by atoms with Gasteiger partial charge in [0, 0.05) is 12.0 Å². The molecular formula is C15H23NO2. The minimum absolute atomic E-state index is 0.0932. The molecule has 0 saturated carbocycles. The van der Waals surface area contributed by atoms with Crippen molar-refractivity contribution < 1.29 is 9.53 Å². The number of nitrogens with two attached hydrogens (primary N) is 1. The smallest absolute Gasteiger partial charge is 0.165 e. The minimum atomic E-state index is 0.0932. The molecule has 0 spiro atoms. The lowest BCUT2D eigenvalue weighted by atomic mass is 9.89. The molecule has 2 N–H and O–H groups in total. The highest BCUT2D eigenvalue weighted by Gasteiger charge is 2.15. The van der Waals surface area contributed by atoms with Gasteiger partial charge in [0.25, 0.3) is 0 Å². The van der Waals surface area contributed by atoms with E-state index in [0.717, 1.165) is 12.8 Å². The summed E-state index contributed by atoms with van der Waals surface area (Å²) in [6, 6.07) is 5.32. The normalized spacial score (nSPS) is 11.3. The van der Waals surface area contributed by atoms with Crippen molar-refractivity contribution in [3.8, 4) is 5.75 Å². The first-order valence-corrected chi connectivity index (χ1v) is 6.31. The summed E-state index contributed by atoms with van der Waals surface area (Å²) in [7, 11) is 1.56. The molecule has 0 fully saturated rings. The molecule has 0 radical (unpaired) electrons. The Hall–Kier alpha value is -1.51. The van der Waals surface area contributed by atoms with Gasteiger partial charge in [0.15, 0.2) is 5.78 Å². The van der Waals surface area contributed by atoms with E-state index in [1.165, 1.54) is 0 Å². The molecule has 0 unspecified atom stereocenters. The Morgan fingerprint density at radius 3 is 2.56 bits per heavy atom. The third-order valence-electron chi connectivity index (χ3n) is 2.92. The number of ketones is 1. The van der Waals surface area contributed by atoms with Gasteiger partial charge < -0.3 is 10.5 Å². The van der Waals surface area contributed by atoms with Gasteiger partial charge >= 0.3 is 0 Å². The van der Waals surface area contributed by atoms with Gasteiger partial charge in [-0.3, -0.25) is 4.79 Å². The van der Waals surface area contributed by atoms with Gasteiger partial charge in [-0.2, -0.15) is 0 Å². The molecule has 0 amide bonds. The molecule has 0 bridgehead atoms. The van der Waals surface area contributed by atoms with Crippen molar-refractivity contribution in [2.24, 2.45) is 5.41 Å². The number of hydrogen-bond donors (Lipinski definition) is 1. The number of carbonyl (C=O) groups is 1. The molecule has 3 heteroatoms. The molecule has 0 aliphatic carbocycles. The molecule has 0 saturated heterocycles. The molecular weight excluding hydrogens is 226 g/mol. The van der Waals surface area contributed by atoms with Crippen LogP contribution in [0.15, 0.2) is 18.2 Å². The number of para-hydroxylation sites is 1.